The van der Waals surface area contributed by atoms with Crippen molar-refractivity contribution in [2.45, 2.75) is 0 Å². The van der Waals surface area contributed by atoms with Crippen LogP contribution >= 0.6 is 0 Å². The van der Waals surface area contributed by atoms with E-state index in [0.717, 1.165) is 0 Å². The Balaban J connectivity index is 1.55. The fourth-order valence-electron chi connectivity index (χ4n) is 2.93. The molecule has 126 valence electrons. The molecule has 0 N–H and O–H groups in total. The summed E-state index contributed by atoms with van der Waals surface area (Å²) in [4.78, 5) is 30.3. The molecule has 2 heterocycles. The number of rotatable bonds is 1. The number of nitrogens with zero attached hydrogens (tertiary/aromatic N) is 4. The van der Waals surface area contributed by atoms with Gasteiger partial charge in [0, 0.05) is 44.8 Å². The first-order valence-corrected chi connectivity index (χ1v) is 8.10. The van der Waals surface area contributed by atoms with Gasteiger partial charge in [0.25, 0.3) is 5.91 Å². The van der Waals surface area contributed by atoms with Crippen molar-refractivity contribution in [1.82, 2.24) is 14.7 Å². The van der Waals surface area contributed by atoms with Crippen LogP contribution in [0.25, 0.3) is 0 Å². The molecule has 0 atom stereocenters. The number of piperazine rings is 1. The fraction of sp³-hybridized carbons (Fsp3) is 0.471. The summed E-state index contributed by atoms with van der Waals surface area (Å²) in [5.41, 5.74) is 1.11. The van der Waals surface area contributed by atoms with Gasteiger partial charge >= 0.3 is 6.03 Å². The van der Waals surface area contributed by atoms with Gasteiger partial charge in [0.05, 0.1) is 24.8 Å². The van der Waals surface area contributed by atoms with Crippen molar-refractivity contribution in [2.24, 2.45) is 0 Å². The van der Waals surface area contributed by atoms with Gasteiger partial charge < -0.3 is 19.4 Å². The number of carbonyl (C=O) groups excluding carboxylic acids is 2. The number of morpholine rings is 1. The predicted octanol–water partition coefficient (Wildman–Crippen LogP) is 0.768. The highest BCUT2D eigenvalue weighted by molar-refractivity contribution is 5.94. The van der Waals surface area contributed by atoms with Crippen molar-refractivity contribution in [3.8, 4) is 6.07 Å². The summed E-state index contributed by atoms with van der Waals surface area (Å²) >= 11 is 0. The highest BCUT2D eigenvalue weighted by Gasteiger charge is 2.28. The normalized spacial score (nSPS) is 18.2. The van der Waals surface area contributed by atoms with Gasteiger partial charge in [-0.25, -0.2) is 4.79 Å². The number of carbonyl (C=O) groups is 2. The summed E-state index contributed by atoms with van der Waals surface area (Å²) in [6.45, 7) is 4.55. The molecule has 0 aromatic heterocycles. The molecule has 0 radical (unpaired) electrons. The molecule has 7 heteroatoms. The minimum Gasteiger partial charge on any atom is -0.378 e. The molecule has 7 nitrogen and oxygen atoms in total. The summed E-state index contributed by atoms with van der Waals surface area (Å²) in [5.74, 6) is -0.0574. The first kappa shape index (κ1) is 16.3. The van der Waals surface area contributed by atoms with Crippen LogP contribution in [0.2, 0.25) is 0 Å². The second kappa shape index (κ2) is 7.32. The van der Waals surface area contributed by atoms with E-state index >= 15 is 0 Å². The number of nitriles is 1. The van der Waals surface area contributed by atoms with E-state index in [1.54, 1.807) is 34.1 Å². The topological polar surface area (TPSA) is 76.9 Å². The number of urea groups is 1. The maximum absolute atomic E-state index is 12.5. The first-order valence-electron chi connectivity index (χ1n) is 8.10. The highest BCUT2D eigenvalue weighted by atomic mass is 16.5. The smallest absolute Gasteiger partial charge is 0.320 e. The van der Waals surface area contributed by atoms with Crippen LogP contribution in [-0.2, 0) is 4.74 Å². The molecular formula is C17H20N4O3. The molecule has 2 saturated heterocycles. The number of amides is 3. The van der Waals surface area contributed by atoms with Gasteiger partial charge in [-0.3, -0.25) is 4.79 Å². The molecule has 2 aliphatic rings. The maximum atomic E-state index is 12.5. The number of hydrogen-bond acceptors (Lipinski definition) is 4. The second-order valence-corrected chi connectivity index (χ2v) is 5.85. The Morgan fingerprint density at radius 1 is 0.875 bits per heavy atom. The number of hydrogen-bond donors (Lipinski definition) is 0. The van der Waals surface area contributed by atoms with Crippen molar-refractivity contribution in [2.75, 3.05) is 52.5 Å². The van der Waals surface area contributed by atoms with E-state index in [0.29, 0.717) is 63.6 Å². The lowest BCUT2D eigenvalue weighted by Gasteiger charge is -2.38. The lowest BCUT2D eigenvalue weighted by atomic mass is 10.1. The third kappa shape index (κ3) is 3.49. The van der Waals surface area contributed by atoms with Gasteiger partial charge in [-0.1, -0.05) is 0 Å². The molecule has 3 rings (SSSR count). The van der Waals surface area contributed by atoms with E-state index in [2.05, 4.69) is 0 Å². The lowest BCUT2D eigenvalue weighted by molar-refractivity contribution is 0.0362. The lowest BCUT2D eigenvalue weighted by Crippen LogP contribution is -2.55. The van der Waals surface area contributed by atoms with Crippen LogP contribution in [-0.4, -0.2) is 79.1 Å². The molecule has 0 spiro atoms. The van der Waals surface area contributed by atoms with Crippen LogP contribution in [0.1, 0.15) is 15.9 Å². The third-order valence-corrected chi connectivity index (χ3v) is 4.38. The van der Waals surface area contributed by atoms with E-state index in [1.807, 2.05) is 11.0 Å². The van der Waals surface area contributed by atoms with Crippen molar-refractivity contribution in [3.63, 3.8) is 0 Å². The molecule has 0 bridgehead atoms. The zero-order chi connectivity index (χ0) is 16.9. The minimum atomic E-state index is -0.0574. The number of benzene rings is 1. The summed E-state index contributed by atoms with van der Waals surface area (Å²) < 4.78 is 5.27. The van der Waals surface area contributed by atoms with Crippen molar-refractivity contribution >= 4 is 11.9 Å². The average molecular weight is 328 g/mol. The van der Waals surface area contributed by atoms with Crippen molar-refractivity contribution < 1.29 is 14.3 Å². The summed E-state index contributed by atoms with van der Waals surface area (Å²) in [6, 6.07) is 8.70. The van der Waals surface area contributed by atoms with Crippen molar-refractivity contribution in [3.05, 3.63) is 35.4 Å². The fourth-order valence-corrected chi connectivity index (χ4v) is 2.93. The molecular weight excluding hydrogens is 308 g/mol. The number of ether oxygens (including phenoxy) is 1. The summed E-state index contributed by atoms with van der Waals surface area (Å²) in [5, 5.41) is 8.81. The van der Waals surface area contributed by atoms with Gasteiger partial charge in [-0.05, 0) is 24.3 Å². The van der Waals surface area contributed by atoms with E-state index in [1.165, 1.54) is 0 Å². The van der Waals surface area contributed by atoms with Crippen molar-refractivity contribution in [1.29, 1.82) is 5.26 Å². The second-order valence-electron chi connectivity index (χ2n) is 5.85. The zero-order valence-corrected chi connectivity index (χ0v) is 13.5. The minimum absolute atomic E-state index is 0.0313. The van der Waals surface area contributed by atoms with E-state index in [4.69, 9.17) is 10.00 Å². The van der Waals surface area contributed by atoms with Gasteiger partial charge in [-0.15, -0.1) is 0 Å². The van der Waals surface area contributed by atoms with Crippen LogP contribution in [0.3, 0.4) is 0 Å². The summed E-state index contributed by atoms with van der Waals surface area (Å²) in [7, 11) is 0. The zero-order valence-electron chi connectivity index (χ0n) is 13.5. The first-order chi connectivity index (χ1) is 11.7. The third-order valence-electron chi connectivity index (χ3n) is 4.38. The molecule has 2 aliphatic heterocycles. The maximum Gasteiger partial charge on any atom is 0.320 e. The van der Waals surface area contributed by atoms with Crippen LogP contribution in [0.5, 0.6) is 0 Å². The van der Waals surface area contributed by atoms with Crippen LogP contribution in [0.15, 0.2) is 24.3 Å². The molecule has 1 aromatic carbocycles. The molecule has 2 fully saturated rings. The molecule has 1 aromatic rings. The highest BCUT2D eigenvalue weighted by Crippen LogP contribution is 2.12. The van der Waals surface area contributed by atoms with E-state index in [-0.39, 0.29) is 11.9 Å². The quantitative estimate of drug-likeness (QED) is 0.763. The van der Waals surface area contributed by atoms with Crippen LogP contribution < -0.4 is 0 Å². The average Bonchev–Trinajstić information content (AvgIpc) is 2.68. The Kier molecular flexibility index (Phi) is 4.96. The Hall–Kier alpha value is -2.59. The Bertz CT molecular complexity index is 639. The largest absolute Gasteiger partial charge is 0.378 e. The molecule has 0 saturated carbocycles. The Morgan fingerprint density at radius 3 is 2.00 bits per heavy atom. The van der Waals surface area contributed by atoms with E-state index < -0.39 is 0 Å². The SMILES string of the molecule is N#Cc1ccc(C(=O)N2CCN(C(=O)N3CCOCC3)CC2)cc1. The van der Waals surface area contributed by atoms with Crippen LogP contribution in [0, 0.1) is 11.3 Å². The summed E-state index contributed by atoms with van der Waals surface area (Å²) in [6.07, 6.45) is 0. The van der Waals surface area contributed by atoms with Gasteiger partial charge in [0.1, 0.15) is 0 Å². The van der Waals surface area contributed by atoms with Gasteiger partial charge in [-0.2, -0.15) is 5.26 Å². The van der Waals surface area contributed by atoms with E-state index in [9.17, 15) is 9.59 Å². The predicted molar refractivity (Wildman–Crippen MR) is 86.4 cm³/mol. The molecule has 3 amide bonds. The Labute approximate surface area is 141 Å². The molecule has 24 heavy (non-hydrogen) atoms. The van der Waals surface area contributed by atoms with Crippen LogP contribution in [0.4, 0.5) is 4.79 Å². The monoisotopic (exact) mass is 328 g/mol. The van der Waals surface area contributed by atoms with Gasteiger partial charge in [0.15, 0.2) is 0 Å². The molecule has 0 aliphatic carbocycles. The van der Waals surface area contributed by atoms with Gasteiger partial charge in [0.2, 0.25) is 0 Å². The Morgan fingerprint density at radius 2 is 1.42 bits per heavy atom. The standard InChI is InChI=1S/C17H20N4O3/c18-13-14-1-3-15(4-2-14)16(22)19-5-7-20(8-6-19)17(23)21-9-11-24-12-10-21/h1-4H,5-12H2. The molecule has 0 unspecified atom stereocenters.